The Morgan fingerprint density at radius 3 is 2.31 bits per heavy atom. The van der Waals surface area contributed by atoms with E-state index in [1.807, 2.05) is 72.6 Å². The normalized spacial score (nSPS) is 15.8. The zero-order valence-corrected chi connectivity index (χ0v) is 33.9. The summed E-state index contributed by atoms with van der Waals surface area (Å²) in [5.74, 6) is -0.570. The van der Waals surface area contributed by atoms with E-state index in [1.54, 1.807) is 12.1 Å². The molecule has 0 radical (unpaired) electrons. The fourth-order valence-electron chi connectivity index (χ4n) is 9.38. The van der Waals surface area contributed by atoms with Crippen LogP contribution in [0.5, 0.6) is 11.5 Å². The third kappa shape index (κ3) is 7.04. The Morgan fingerprint density at radius 2 is 1.52 bits per heavy atom. The van der Waals surface area contributed by atoms with Gasteiger partial charge in [0.25, 0.3) is 11.8 Å². The highest BCUT2D eigenvalue weighted by Gasteiger charge is 2.37. The third-order valence-corrected chi connectivity index (χ3v) is 12.3. The van der Waals surface area contributed by atoms with Crippen LogP contribution in [0.1, 0.15) is 66.3 Å². The summed E-state index contributed by atoms with van der Waals surface area (Å²) in [5, 5.41) is 15.0. The number of hydroxylamine groups is 2. The molecule has 0 N–H and O–H groups in total. The molecule has 4 aliphatic heterocycles. The number of halogens is 3. The smallest absolute Gasteiger partial charge is 0.417 e. The molecule has 312 valence electrons. The minimum atomic E-state index is -4.57. The van der Waals surface area contributed by atoms with Gasteiger partial charge in [0.2, 0.25) is 5.36 Å². The van der Waals surface area contributed by atoms with E-state index in [0.29, 0.717) is 57.3 Å². The Morgan fingerprint density at radius 1 is 0.790 bits per heavy atom. The van der Waals surface area contributed by atoms with E-state index < -0.39 is 29.5 Å². The van der Waals surface area contributed by atoms with Crippen molar-refractivity contribution in [2.24, 2.45) is 10.2 Å². The van der Waals surface area contributed by atoms with E-state index in [1.165, 1.54) is 22.6 Å². The second-order valence-electron chi connectivity index (χ2n) is 16.2. The Bertz CT molecular complexity index is 3020. The summed E-state index contributed by atoms with van der Waals surface area (Å²) in [5.41, 5.74) is 5.13. The molecule has 6 aromatic rings. The maximum Gasteiger partial charge on any atom is 0.417 e. The fraction of sp³-hybridized carbons (Fsp3) is 0.265. The molecular weight excluding hydrogens is 796 g/mol. The predicted octanol–water partition coefficient (Wildman–Crippen LogP) is 8.99. The Labute approximate surface area is 354 Å². The average molecular weight is 837 g/mol. The molecule has 0 aromatic heterocycles. The lowest BCUT2D eigenvalue weighted by molar-refractivity contribution is -0.197. The van der Waals surface area contributed by atoms with E-state index in [0.717, 1.165) is 72.1 Å². The number of hydrogen-bond donors (Lipinski definition) is 0. The molecule has 0 unspecified atom stereocenters. The number of nitrogens with zero attached hydrogens (tertiary/aromatic N) is 5. The van der Waals surface area contributed by atoms with Crippen molar-refractivity contribution in [1.29, 1.82) is 0 Å². The van der Waals surface area contributed by atoms with Gasteiger partial charge in [0.1, 0.15) is 24.6 Å². The van der Waals surface area contributed by atoms with Gasteiger partial charge in [-0.25, -0.2) is 9.37 Å². The number of carbonyl (C=O) groups is 3. The number of aryl methyl sites for hydroxylation is 2. The maximum atomic E-state index is 14.7. The van der Waals surface area contributed by atoms with Crippen LogP contribution in [0.2, 0.25) is 0 Å². The molecule has 4 aliphatic rings. The Kier molecular flexibility index (Phi) is 9.84. The van der Waals surface area contributed by atoms with Crippen LogP contribution in [0.15, 0.2) is 107 Å². The first-order valence-corrected chi connectivity index (χ1v) is 21.0. The number of alkyl halides is 3. The topological polar surface area (TPSA) is 104 Å². The van der Waals surface area contributed by atoms with Gasteiger partial charge >= 0.3 is 12.1 Å². The van der Waals surface area contributed by atoms with Crippen molar-refractivity contribution < 1.29 is 37.1 Å². The lowest BCUT2D eigenvalue weighted by Crippen LogP contribution is -2.43. The van der Waals surface area contributed by atoms with Crippen LogP contribution in [0.4, 0.5) is 30.2 Å². The van der Waals surface area contributed by atoms with Gasteiger partial charge < -0.3 is 14.5 Å². The van der Waals surface area contributed by atoms with Gasteiger partial charge in [-0.1, -0.05) is 30.3 Å². The van der Waals surface area contributed by atoms with Crippen LogP contribution in [-0.2, 0) is 38.2 Å². The van der Waals surface area contributed by atoms with Crippen molar-refractivity contribution in [2.75, 3.05) is 31.6 Å². The number of amides is 2. The monoisotopic (exact) mass is 836 g/mol. The summed E-state index contributed by atoms with van der Waals surface area (Å²) >= 11 is 0. The SMILES string of the molecule is CN(CCCC(=O)ON1C(=O)CCC1=O)c1ccc(N=Nc2ccc3c4c(ccc3c2)C(c2ccccc2C(F)(F)F)=c2ccc3c5c6c(cc3c2O4)CCC[N+]=6CCC5)cc1. The summed E-state index contributed by atoms with van der Waals surface area (Å²) in [7, 11) is 1.89. The van der Waals surface area contributed by atoms with Crippen molar-refractivity contribution in [2.45, 2.75) is 57.5 Å². The minimum absolute atomic E-state index is 0.0470. The van der Waals surface area contributed by atoms with Gasteiger partial charge in [0, 0.05) is 89.6 Å². The first-order chi connectivity index (χ1) is 30.0. The van der Waals surface area contributed by atoms with Crippen molar-refractivity contribution in [3.05, 3.63) is 135 Å². The van der Waals surface area contributed by atoms with Crippen LogP contribution in [0, 0.1) is 0 Å². The number of fused-ring (bicyclic) bond motifs is 7. The summed E-state index contributed by atoms with van der Waals surface area (Å²) in [6.07, 6.45) is 0.0133. The number of benzene rings is 6. The maximum absolute atomic E-state index is 14.7. The number of imide groups is 1. The molecule has 0 aliphatic carbocycles. The lowest BCUT2D eigenvalue weighted by atomic mass is 9.85. The minimum Gasteiger partial charge on any atom is -0.455 e. The van der Waals surface area contributed by atoms with E-state index in [4.69, 9.17) is 9.57 Å². The number of ether oxygens (including phenoxy) is 1. The summed E-state index contributed by atoms with van der Waals surface area (Å²) < 4.78 is 53.6. The molecule has 4 heterocycles. The van der Waals surface area contributed by atoms with Crippen molar-refractivity contribution in [3.8, 4) is 11.5 Å². The van der Waals surface area contributed by atoms with E-state index in [2.05, 4.69) is 26.9 Å². The summed E-state index contributed by atoms with van der Waals surface area (Å²) in [6.45, 7) is 2.59. The quantitative estimate of drug-likeness (QED) is 0.0818. The number of carbonyl (C=O) groups excluding carboxylic acids is 3. The van der Waals surface area contributed by atoms with Crippen molar-refractivity contribution >= 4 is 62.0 Å². The number of anilines is 1. The van der Waals surface area contributed by atoms with Gasteiger partial charge in [-0.3, -0.25) is 9.59 Å². The molecule has 62 heavy (non-hydrogen) atoms. The van der Waals surface area contributed by atoms with Crippen LogP contribution in [-0.4, -0.2) is 49.5 Å². The highest BCUT2D eigenvalue weighted by atomic mass is 19.4. The molecule has 13 heteroatoms. The van der Waals surface area contributed by atoms with Crippen LogP contribution in [0.25, 0.3) is 27.1 Å². The molecule has 0 bridgehead atoms. The van der Waals surface area contributed by atoms with Crippen molar-refractivity contribution in [3.63, 3.8) is 0 Å². The summed E-state index contributed by atoms with van der Waals surface area (Å²) in [4.78, 5) is 42.5. The Balaban J connectivity index is 0.948. The molecule has 0 spiro atoms. The molecule has 2 amide bonds. The van der Waals surface area contributed by atoms with Crippen LogP contribution >= 0.6 is 0 Å². The summed E-state index contributed by atoms with van der Waals surface area (Å²) in [6, 6.07) is 28.8. The standard InChI is InChI=1S/C49H41F3N5O5/c1-55(24-6-11-44(60)62-57-42(58)22-23-43(57)59)33-16-13-31(14-17-33)53-54-32-15-19-34-29(27-32)12-18-38-45(37-8-2-3-10-41(37)49(50,51)52)39-21-20-35-36-9-5-26-56-25-4-7-30(46(36)56)28-40(35)48(39)61-47(34)38/h2-3,8,10,12-21,27-28H,4-7,9,11,22-26H2,1H3/q+1. The number of rotatable bonds is 9. The third-order valence-electron chi connectivity index (χ3n) is 12.3. The molecular formula is C49H41F3N5O5+. The van der Waals surface area contributed by atoms with Gasteiger partial charge in [-0.05, 0) is 102 Å². The second-order valence-corrected chi connectivity index (χ2v) is 16.2. The van der Waals surface area contributed by atoms with Crippen molar-refractivity contribution in [1.82, 2.24) is 9.64 Å². The fourth-order valence-corrected chi connectivity index (χ4v) is 9.38. The lowest BCUT2D eigenvalue weighted by Gasteiger charge is -2.26. The average Bonchev–Trinajstić information content (AvgIpc) is 3.59. The zero-order chi connectivity index (χ0) is 42.7. The largest absolute Gasteiger partial charge is 0.455 e. The second kappa shape index (κ2) is 15.5. The van der Waals surface area contributed by atoms with E-state index >= 15 is 0 Å². The first kappa shape index (κ1) is 39.3. The Hall–Kier alpha value is -6.89. The van der Waals surface area contributed by atoms with Gasteiger partial charge in [0.15, 0.2) is 0 Å². The molecule has 10 nitrogen and oxygen atoms in total. The molecule has 0 atom stereocenters. The van der Waals surface area contributed by atoms with Gasteiger partial charge in [-0.15, -0.1) is 5.06 Å². The number of azo groups is 1. The highest BCUT2D eigenvalue weighted by molar-refractivity contribution is 6.03. The van der Waals surface area contributed by atoms with Gasteiger partial charge in [-0.2, -0.15) is 23.4 Å². The van der Waals surface area contributed by atoms with Crippen LogP contribution in [0.3, 0.4) is 0 Å². The molecule has 1 saturated heterocycles. The molecule has 0 saturated carbocycles. The van der Waals surface area contributed by atoms with Gasteiger partial charge in [0.05, 0.1) is 16.9 Å². The molecule has 6 aromatic carbocycles. The number of hydrogen-bond acceptors (Lipinski definition) is 8. The molecule has 10 rings (SSSR count). The van der Waals surface area contributed by atoms with E-state index in [-0.39, 0.29) is 24.8 Å². The first-order valence-electron chi connectivity index (χ1n) is 21.0. The zero-order valence-electron chi connectivity index (χ0n) is 33.9. The highest BCUT2D eigenvalue weighted by Crippen LogP contribution is 2.46. The predicted molar refractivity (Wildman–Crippen MR) is 228 cm³/mol. The molecule has 1 fully saturated rings. The van der Waals surface area contributed by atoms with Crippen LogP contribution < -0.4 is 24.8 Å². The van der Waals surface area contributed by atoms with E-state index in [9.17, 15) is 27.6 Å².